The zero-order valence-corrected chi connectivity index (χ0v) is 37.4. The van der Waals surface area contributed by atoms with Gasteiger partial charge in [-0.05, 0) is 127 Å². The van der Waals surface area contributed by atoms with Gasteiger partial charge in [-0.15, -0.1) is 0 Å². The van der Waals surface area contributed by atoms with Crippen molar-refractivity contribution in [3.63, 3.8) is 0 Å². The van der Waals surface area contributed by atoms with E-state index in [4.69, 9.17) is 22.9 Å². The van der Waals surface area contributed by atoms with Gasteiger partial charge in [0.25, 0.3) is 0 Å². The molecule has 5 aromatic rings. The third-order valence-electron chi connectivity index (χ3n) is 11.8. The molecule has 0 radical (unpaired) electrons. The smallest absolute Gasteiger partial charge is 0.0381 e. The molecule has 0 aliphatic carbocycles. The highest BCUT2D eigenvalue weighted by Crippen LogP contribution is 2.44. The van der Waals surface area contributed by atoms with E-state index in [1.54, 1.807) is 0 Å². The lowest BCUT2D eigenvalue weighted by atomic mass is 9.75. The van der Waals surface area contributed by atoms with Crippen LogP contribution in [0.25, 0.3) is 0 Å². The molecule has 0 heterocycles. The predicted molar refractivity (Wildman–Crippen MR) is 245 cm³/mol. The first kappa shape index (κ1) is 42.4. The van der Waals surface area contributed by atoms with Crippen molar-refractivity contribution in [1.82, 2.24) is 0 Å². The van der Waals surface area contributed by atoms with E-state index in [1.807, 2.05) is 0 Å². The Labute approximate surface area is 339 Å². The highest BCUT2D eigenvalue weighted by Gasteiger charge is 2.29. The average molecular weight is 751 g/mol. The summed E-state index contributed by atoms with van der Waals surface area (Å²) in [6, 6.07) is 27.8. The maximum absolute atomic E-state index is 6.79. The zero-order valence-electron chi connectivity index (χ0n) is 37.4. The number of hydrogen-bond donors (Lipinski definition) is 4. The SMILES string of the molecule is Cc1cc(C(c2ccc(C(c3cc(C)c(N)c(C(C)(C)C)c3)c3cc(C)c(N)c(C(C)(C)C)c3)cc2)c2cc(C)c(N)c(C(C)(C)C)c2)cc(C(C)(C)C)c1N. The largest absolute Gasteiger partial charge is 0.398 e. The molecule has 4 heteroatoms. The van der Waals surface area contributed by atoms with Crippen LogP contribution in [0.1, 0.15) is 173 Å². The summed E-state index contributed by atoms with van der Waals surface area (Å²) in [6.45, 7) is 35.4. The highest BCUT2D eigenvalue weighted by atomic mass is 14.6. The summed E-state index contributed by atoms with van der Waals surface area (Å²) < 4.78 is 0. The maximum Gasteiger partial charge on any atom is 0.0381 e. The van der Waals surface area contributed by atoms with Crippen LogP contribution in [0.5, 0.6) is 0 Å². The van der Waals surface area contributed by atoms with Crippen LogP contribution in [-0.4, -0.2) is 0 Å². The number of aryl methyl sites for hydroxylation is 4. The lowest BCUT2D eigenvalue weighted by molar-refractivity contribution is 0.589. The molecule has 0 aromatic heterocycles. The van der Waals surface area contributed by atoms with Crippen molar-refractivity contribution in [3.8, 4) is 0 Å². The van der Waals surface area contributed by atoms with E-state index < -0.39 is 0 Å². The first-order chi connectivity index (χ1) is 25.6. The first-order valence-electron chi connectivity index (χ1n) is 20.3. The highest BCUT2D eigenvalue weighted by molar-refractivity contribution is 5.65. The monoisotopic (exact) mass is 751 g/mol. The summed E-state index contributed by atoms with van der Waals surface area (Å²) in [5, 5.41) is 0. The van der Waals surface area contributed by atoms with Crippen LogP contribution in [0, 0.1) is 27.7 Å². The van der Waals surface area contributed by atoms with Gasteiger partial charge in [0.2, 0.25) is 0 Å². The maximum atomic E-state index is 6.79. The van der Waals surface area contributed by atoms with Crippen molar-refractivity contribution < 1.29 is 0 Å². The molecule has 0 fully saturated rings. The number of benzene rings is 5. The van der Waals surface area contributed by atoms with Gasteiger partial charge in [-0.25, -0.2) is 0 Å². The molecule has 5 rings (SSSR count). The third-order valence-corrected chi connectivity index (χ3v) is 11.8. The molecular formula is C52H70N4. The van der Waals surface area contributed by atoms with E-state index in [2.05, 4.69) is 184 Å². The number of rotatable bonds is 6. The van der Waals surface area contributed by atoms with Crippen molar-refractivity contribution in [2.75, 3.05) is 22.9 Å². The molecule has 0 saturated heterocycles. The van der Waals surface area contributed by atoms with Gasteiger partial charge in [-0.1, -0.05) is 156 Å². The summed E-state index contributed by atoms with van der Waals surface area (Å²) >= 11 is 0. The molecule has 0 bridgehead atoms. The van der Waals surface area contributed by atoms with E-state index in [0.29, 0.717) is 0 Å². The number of hydrogen-bond acceptors (Lipinski definition) is 4. The summed E-state index contributed by atoms with van der Waals surface area (Å²) in [5.74, 6) is -0.0818. The van der Waals surface area contributed by atoms with E-state index in [0.717, 1.165) is 45.0 Å². The lowest BCUT2D eigenvalue weighted by Gasteiger charge is -2.30. The molecule has 5 aromatic carbocycles. The second kappa shape index (κ2) is 14.7. The molecule has 0 aliphatic heterocycles. The molecule has 8 N–H and O–H groups in total. The minimum atomic E-state index is -0.119. The van der Waals surface area contributed by atoms with Gasteiger partial charge in [0.1, 0.15) is 0 Å². The predicted octanol–water partition coefficient (Wildman–Crippen LogP) is 12.8. The van der Waals surface area contributed by atoms with Crippen molar-refractivity contribution in [1.29, 1.82) is 0 Å². The zero-order chi connectivity index (χ0) is 42.0. The van der Waals surface area contributed by atoms with Gasteiger partial charge in [0.05, 0.1) is 0 Å². The molecule has 0 saturated carbocycles. The quantitative estimate of drug-likeness (QED) is 0.102. The van der Waals surface area contributed by atoms with Crippen LogP contribution < -0.4 is 22.9 Å². The molecule has 4 nitrogen and oxygen atoms in total. The van der Waals surface area contributed by atoms with Gasteiger partial charge in [-0.3, -0.25) is 0 Å². The van der Waals surface area contributed by atoms with Crippen LogP contribution in [0.4, 0.5) is 22.7 Å². The van der Waals surface area contributed by atoms with E-state index in [-0.39, 0.29) is 33.5 Å². The Bertz CT molecular complexity index is 1960. The summed E-state index contributed by atoms with van der Waals surface area (Å²) in [7, 11) is 0. The van der Waals surface area contributed by atoms with Crippen molar-refractivity contribution in [2.45, 2.75) is 144 Å². The fourth-order valence-corrected chi connectivity index (χ4v) is 8.49. The molecule has 0 spiro atoms. The Morgan fingerprint density at radius 2 is 0.482 bits per heavy atom. The fraction of sp³-hybridized carbons (Fsp3) is 0.423. The molecular weight excluding hydrogens is 681 g/mol. The minimum Gasteiger partial charge on any atom is -0.398 e. The molecule has 56 heavy (non-hydrogen) atoms. The van der Waals surface area contributed by atoms with Crippen LogP contribution in [0.3, 0.4) is 0 Å². The Morgan fingerprint density at radius 1 is 0.304 bits per heavy atom. The normalized spacial score (nSPS) is 12.9. The topological polar surface area (TPSA) is 104 Å². The Kier molecular flexibility index (Phi) is 11.1. The van der Waals surface area contributed by atoms with E-state index in [1.165, 1.54) is 55.6 Å². The molecule has 0 unspecified atom stereocenters. The van der Waals surface area contributed by atoms with Crippen LogP contribution in [-0.2, 0) is 21.7 Å². The lowest BCUT2D eigenvalue weighted by Crippen LogP contribution is -2.19. The van der Waals surface area contributed by atoms with Gasteiger partial charge >= 0.3 is 0 Å². The van der Waals surface area contributed by atoms with Gasteiger partial charge < -0.3 is 22.9 Å². The van der Waals surface area contributed by atoms with Crippen molar-refractivity contribution in [2.24, 2.45) is 0 Å². The molecule has 298 valence electrons. The Morgan fingerprint density at radius 3 is 0.643 bits per heavy atom. The second-order valence-corrected chi connectivity index (χ2v) is 20.7. The number of anilines is 4. The van der Waals surface area contributed by atoms with Crippen LogP contribution in [0.2, 0.25) is 0 Å². The summed E-state index contributed by atoms with van der Waals surface area (Å²) in [5.41, 5.74) is 46.5. The third kappa shape index (κ3) is 8.36. The van der Waals surface area contributed by atoms with Crippen LogP contribution >= 0.6 is 0 Å². The fourth-order valence-electron chi connectivity index (χ4n) is 8.49. The molecule has 0 aliphatic rings. The van der Waals surface area contributed by atoms with Crippen molar-refractivity contribution >= 4 is 22.7 Å². The Balaban J connectivity index is 1.82. The average Bonchev–Trinajstić information content (AvgIpc) is 3.06. The Hall–Kier alpha value is -4.70. The van der Waals surface area contributed by atoms with Crippen LogP contribution in [0.15, 0.2) is 72.8 Å². The molecule has 0 atom stereocenters. The van der Waals surface area contributed by atoms with Gasteiger partial charge in [0.15, 0.2) is 0 Å². The van der Waals surface area contributed by atoms with E-state index >= 15 is 0 Å². The summed E-state index contributed by atoms with van der Waals surface area (Å²) in [6.07, 6.45) is 0. The minimum absolute atomic E-state index is 0.0409. The van der Waals surface area contributed by atoms with Gasteiger partial charge in [-0.2, -0.15) is 0 Å². The second-order valence-electron chi connectivity index (χ2n) is 20.7. The summed E-state index contributed by atoms with van der Waals surface area (Å²) in [4.78, 5) is 0. The van der Waals surface area contributed by atoms with Gasteiger partial charge in [0, 0.05) is 34.6 Å². The van der Waals surface area contributed by atoms with Crippen molar-refractivity contribution in [3.05, 3.63) is 151 Å². The standard InChI is InChI=1S/C52H70N4/c1-29-21-35(25-39(45(29)53)49(5,6)7)43(36-22-30(2)46(54)40(26-36)50(8,9)10)33-17-19-34(20-18-33)44(37-23-31(3)47(55)41(27-37)51(11,12)13)38-24-32(4)48(56)42(28-38)52(14,15)16/h17-28,43-44H,53-56H2,1-16H3. The molecule has 0 amide bonds. The number of nitrogen functional groups attached to an aromatic ring is 4. The number of nitrogens with two attached hydrogens (primary N) is 4. The first-order valence-corrected chi connectivity index (χ1v) is 20.3. The van der Waals surface area contributed by atoms with E-state index in [9.17, 15) is 0 Å².